The molecule has 0 saturated carbocycles. The van der Waals surface area contributed by atoms with Gasteiger partial charge in [0.15, 0.2) is 6.29 Å². The molecule has 0 aromatic heterocycles. The molecule has 1 heterocycles. The molecule has 4 heteroatoms. The summed E-state index contributed by atoms with van der Waals surface area (Å²) in [4.78, 5) is 10.1. The van der Waals surface area contributed by atoms with Crippen LogP contribution < -0.4 is 0 Å². The highest BCUT2D eigenvalue weighted by Gasteiger charge is 2.18. The van der Waals surface area contributed by atoms with E-state index in [1.807, 2.05) is 0 Å². The molecule has 0 amide bonds. The van der Waals surface area contributed by atoms with Gasteiger partial charge in [-0.1, -0.05) is 6.08 Å². The second-order valence-electron chi connectivity index (χ2n) is 2.05. The van der Waals surface area contributed by atoms with E-state index in [1.165, 1.54) is 6.08 Å². The van der Waals surface area contributed by atoms with Gasteiger partial charge in [-0.15, -0.1) is 0 Å². The van der Waals surface area contributed by atoms with Gasteiger partial charge < -0.3 is 14.9 Å². The molecule has 4 nitrogen and oxygen atoms in total. The number of aliphatic hydroxyl groups is 1. The van der Waals surface area contributed by atoms with E-state index in [4.69, 9.17) is 14.9 Å². The van der Waals surface area contributed by atoms with Crippen LogP contribution in [0.5, 0.6) is 0 Å². The molecule has 1 rings (SSSR count). The summed E-state index contributed by atoms with van der Waals surface area (Å²) in [6.45, 7) is 0. The molecule has 0 aromatic carbocycles. The molecule has 0 fully saturated rings. The van der Waals surface area contributed by atoms with Gasteiger partial charge in [-0.05, 0) is 6.08 Å². The number of hydrogen-bond acceptors (Lipinski definition) is 3. The Morgan fingerprint density at radius 2 is 2.30 bits per heavy atom. The smallest absolute Gasteiger partial charge is 0.306 e. The fraction of sp³-hybridized carbons (Fsp3) is 0.500. The molecule has 1 aliphatic heterocycles. The highest BCUT2D eigenvalue weighted by atomic mass is 16.6. The normalized spacial score (nSPS) is 30.9. The summed E-state index contributed by atoms with van der Waals surface area (Å²) in [6.07, 6.45) is 1.48. The van der Waals surface area contributed by atoms with Crippen LogP contribution in [0.1, 0.15) is 6.42 Å². The Morgan fingerprint density at radius 3 is 2.70 bits per heavy atom. The lowest BCUT2D eigenvalue weighted by Crippen LogP contribution is -2.15. The highest BCUT2D eigenvalue weighted by molar-refractivity contribution is 5.67. The second kappa shape index (κ2) is 2.81. The van der Waals surface area contributed by atoms with Crippen LogP contribution in [0.4, 0.5) is 0 Å². The number of carboxylic acid groups (broad SMARTS) is 1. The van der Waals surface area contributed by atoms with Crippen molar-refractivity contribution in [1.82, 2.24) is 0 Å². The van der Waals surface area contributed by atoms with E-state index in [0.29, 0.717) is 0 Å². The lowest BCUT2D eigenvalue weighted by Gasteiger charge is -2.05. The van der Waals surface area contributed by atoms with Gasteiger partial charge in [0, 0.05) is 0 Å². The molecule has 10 heavy (non-hydrogen) atoms. The van der Waals surface area contributed by atoms with Gasteiger partial charge in [0.1, 0.15) is 0 Å². The summed E-state index contributed by atoms with van der Waals surface area (Å²) in [5.74, 6) is -0.927. The zero-order chi connectivity index (χ0) is 7.56. The van der Waals surface area contributed by atoms with E-state index in [-0.39, 0.29) is 6.42 Å². The molecule has 0 bridgehead atoms. The fourth-order valence-electron chi connectivity index (χ4n) is 0.777. The predicted molar refractivity (Wildman–Crippen MR) is 32.3 cm³/mol. The van der Waals surface area contributed by atoms with Gasteiger partial charge >= 0.3 is 5.97 Å². The van der Waals surface area contributed by atoms with Crippen LogP contribution in [-0.2, 0) is 9.53 Å². The molecule has 1 aliphatic rings. The molecule has 0 aromatic rings. The van der Waals surface area contributed by atoms with Gasteiger partial charge in [-0.3, -0.25) is 4.79 Å². The first-order chi connectivity index (χ1) is 4.68. The standard InChI is InChI=1S/C6H8O4/c7-5(8)3-4-1-2-6(9)10-4/h1-2,4,6,9H,3H2,(H,7,8). The van der Waals surface area contributed by atoms with E-state index in [1.54, 1.807) is 6.08 Å². The SMILES string of the molecule is O=C(O)CC1C=CC(O)O1. The largest absolute Gasteiger partial charge is 0.481 e. The molecule has 0 saturated heterocycles. The Bertz CT molecular complexity index is 163. The van der Waals surface area contributed by atoms with Crippen LogP contribution in [0.2, 0.25) is 0 Å². The first kappa shape index (κ1) is 7.24. The van der Waals surface area contributed by atoms with Gasteiger partial charge in [0.2, 0.25) is 0 Å². The number of carbonyl (C=O) groups is 1. The quantitative estimate of drug-likeness (QED) is 0.524. The summed E-state index contributed by atoms with van der Waals surface area (Å²) < 4.78 is 4.74. The first-order valence-corrected chi connectivity index (χ1v) is 2.92. The summed E-state index contributed by atoms with van der Waals surface area (Å²) in [7, 11) is 0. The average molecular weight is 144 g/mol. The third kappa shape index (κ3) is 1.82. The lowest BCUT2D eigenvalue weighted by atomic mass is 10.2. The minimum Gasteiger partial charge on any atom is -0.481 e. The summed E-state index contributed by atoms with van der Waals surface area (Å²) in [5, 5.41) is 17.0. The molecule has 0 radical (unpaired) electrons. The van der Waals surface area contributed by atoms with E-state index in [9.17, 15) is 4.79 Å². The number of hydrogen-bond donors (Lipinski definition) is 2. The fourth-order valence-corrected chi connectivity index (χ4v) is 0.777. The monoisotopic (exact) mass is 144 g/mol. The zero-order valence-corrected chi connectivity index (χ0v) is 5.23. The van der Waals surface area contributed by atoms with Crippen molar-refractivity contribution in [3.8, 4) is 0 Å². The Morgan fingerprint density at radius 1 is 1.60 bits per heavy atom. The Labute approximate surface area is 57.7 Å². The Hall–Kier alpha value is -0.870. The van der Waals surface area contributed by atoms with Gasteiger partial charge in [-0.2, -0.15) is 0 Å². The predicted octanol–water partition coefficient (Wildman–Crippen LogP) is -0.265. The van der Waals surface area contributed by atoms with Gasteiger partial charge in [0.25, 0.3) is 0 Å². The Kier molecular flexibility index (Phi) is 2.03. The van der Waals surface area contributed by atoms with Crippen molar-refractivity contribution in [2.75, 3.05) is 0 Å². The molecule has 0 aliphatic carbocycles. The van der Waals surface area contributed by atoms with Crippen molar-refractivity contribution in [2.45, 2.75) is 18.8 Å². The van der Waals surface area contributed by atoms with Crippen molar-refractivity contribution in [1.29, 1.82) is 0 Å². The van der Waals surface area contributed by atoms with Crippen LogP contribution in [-0.4, -0.2) is 28.6 Å². The highest BCUT2D eigenvalue weighted by Crippen LogP contribution is 2.11. The number of rotatable bonds is 2. The third-order valence-electron chi connectivity index (χ3n) is 1.18. The summed E-state index contributed by atoms with van der Waals surface area (Å²) in [6, 6.07) is 0. The molecule has 2 unspecified atom stereocenters. The second-order valence-corrected chi connectivity index (χ2v) is 2.05. The number of ether oxygens (including phenoxy) is 1. The van der Waals surface area contributed by atoms with Crippen molar-refractivity contribution < 1.29 is 19.7 Å². The molecular weight excluding hydrogens is 136 g/mol. The zero-order valence-electron chi connectivity index (χ0n) is 5.23. The molecule has 2 N–H and O–H groups in total. The maximum Gasteiger partial charge on any atom is 0.306 e. The van der Waals surface area contributed by atoms with Gasteiger partial charge in [-0.25, -0.2) is 0 Å². The minimum atomic E-state index is -0.927. The molecule has 56 valence electrons. The lowest BCUT2D eigenvalue weighted by molar-refractivity contribution is -0.142. The van der Waals surface area contributed by atoms with Crippen molar-refractivity contribution in [3.05, 3.63) is 12.2 Å². The summed E-state index contributed by atoms with van der Waals surface area (Å²) in [5.41, 5.74) is 0. The molecule has 2 atom stereocenters. The van der Waals surface area contributed by atoms with E-state index in [2.05, 4.69) is 0 Å². The maximum absolute atomic E-state index is 10.1. The first-order valence-electron chi connectivity index (χ1n) is 2.92. The van der Waals surface area contributed by atoms with E-state index < -0.39 is 18.4 Å². The number of aliphatic carboxylic acids is 1. The summed E-state index contributed by atoms with van der Waals surface area (Å²) >= 11 is 0. The molecular formula is C6H8O4. The van der Waals surface area contributed by atoms with Crippen LogP contribution in [0.25, 0.3) is 0 Å². The van der Waals surface area contributed by atoms with Crippen molar-refractivity contribution in [2.24, 2.45) is 0 Å². The van der Waals surface area contributed by atoms with Crippen molar-refractivity contribution in [3.63, 3.8) is 0 Å². The van der Waals surface area contributed by atoms with Crippen LogP contribution in [0, 0.1) is 0 Å². The average Bonchev–Trinajstić information content (AvgIpc) is 2.13. The topological polar surface area (TPSA) is 66.8 Å². The van der Waals surface area contributed by atoms with E-state index in [0.717, 1.165) is 0 Å². The van der Waals surface area contributed by atoms with Crippen LogP contribution in [0.15, 0.2) is 12.2 Å². The van der Waals surface area contributed by atoms with Crippen LogP contribution >= 0.6 is 0 Å². The third-order valence-corrected chi connectivity index (χ3v) is 1.18. The van der Waals surface area contributed by atoms with Gasteiger partial charge in [0.05, 0.1) is 12.5 Å². The van der Waals surface area contributed by atoms with Crippen LogP contribution in [0.3, 0.4) is 0 Å². The number of aliphatic hydroxyl groups excluding tert-OH is 1. The molecule has 0 spiro atoms. The van der Waals surface area contributed by atoms with Crippen molar-refractivity contribution >= 4 is 5.97 Å². The maximum atomic E-state index is 10.1. The number of carboxylic acids is 1. The van der Waals surface area contributed by atoms with E-state index >= 15 is 0 Å². The Balaban J connectivity index is 2.33. The minimum absolute atomic E-state index is 0.0897.